The van der Waals surface area contributed by atoms with E-state index in [1.165, 1.54) is 44.6 Å². The molecule has 7 heteroatoms. The number of carbonyl (C=O) groups is 1. The lowest BCUT2D eigenvalue weighted by Crippen LogP contribution is -2.37. The Bertz CT molecular complexity index is 688. The molecular formula is C19H27N3O4. The Kier molecular flexibility index (Phi) is 5.13. The van der Waals surface area contributed by atoms with E-state index in [-0.39, 0.29) is 24.5 Å². The van der Waals surface area contributed by atoms with Crippen LogP contribution < -0.4 is 20.5 Å². The number of aromatic nitrogens is 2. The molecule has 3 aliphatic carbocycles. The van der Waals surface area contributed by atoms with Crippen molar-refractivity contribution in [1.29, 1.82) is 0 Å². The summed E-state index contributed by atoms with van der Waals surface area (Å²) in [4.78, 5) is 29.9. The van der Waals surface area contributed by atoms with Crippen molar-refractivity contribution in [3.8, 4) is 11.8 Å². The van der Waals surface area contributed by atoms with Gasteiger partial charge in [0.2, 0.25) is 11.8 Å². The number of nitrogens with one attached hydrogen (secondary N) is 2. The number of amides is 1. The zero-order valence-electron chi connectivity index (χ0n) is 15.0. The number of hydrogen-bond donors (Lipinski definition) is 2. The molecule has 1 aromatic heterocycles. The lowest BCUT2D eigenvalue weighted by molar-refractivity contribution is -0.123. The van der Waals surface area contributed by atoms with Gasteiger partial charge in [0.25, 0.3) is 5.91 Å². The second-order valence-corrected chi connectivity index (χ2v) is 8.03. The van der Waals surface area contributed by atoms with Gasteiger partial charge in [-0.05, 0) is 49.9 Å². The fourth-order valence-electron chi connectivity index (χ4n) is 4.40. The topological polar surface area (TPSA) is 93.3 Å². The van der Waals surface area contributed by atoms with Crippen LogP contribution >= 0.6 is 0 Å². The molecule has 26 heavy (non-hydrogen) atoms. The number of carbonyl (C=O) groups excluding carboxylic acids is 1. The largest absolute Gasteiger partial charge is 0.475 e. The summed E-state index contributed by atoms with van der Waals surface area (Å²) in [6, 6.07) is 1.52. The standard InChI is InChI=1S/C19H27N3O4/c23-16(20-10-14-7-12-2-1-3-13(6-12)8-14)11-25-17-9-18(22-19(24)21-17)26-15-4-5-15/h9,12-15H,1-8,10-11H2,(H,20,23)(H,21,22,24). The van der Waals surface area contributed by atoms with Gasteiger partial charge in [0.05, 0.1) is 6.07 Å². The minimum atomic E-state index is -0.535. The van der Waals surface area contributed by atoms with Crippen LogP contribution in [0.1, 0.15) is 51.4 Å². The number of ether oxygens (including phenoxy) is 2. The van der Waals surface area contributed by atoms with Crippen molar-refractivity contribution in [2.24, 2.45) is 17.8 Å². The van der Waals surface area contributed by atoms with Gasteiger partial charge in [0.15, 0.2) is 6.61 Å². The zero-order chi connectivity index (χ0) is 17.9. The van der Waals surface area contributed by atoms with Crippen LogP contribution in [0, 0.1) is 17.8 Å². The highest BCUT2D eigenvalue weighted by molar-refractivity contribution is 5.77. The van der Waals surface area contributed by atoms with Crippen LogP contribution in [0.4, 0.5) is 0 Å². The molecule has 0 aromatic carbocycles. The third-order valence-corrected chi connectivity index (χ3v) is 5.68. The van der Waals surface area contributed by atoms with Crippen molar-refractivity contribution in [3.63, 3.8) is 0 Å². The highest BCUT2D eigenvalue weighted by Gasteiger charge is 2.31. The molecule has 0 radical (unpaired) electrons. The molecule has 0 spiro atoms. The van der Waals surface area contributed by atoms with Gasteiger partial charge in [-0.2, -0.15) is 4.98 Å². The molecule has 1 amide bonds. The highest BCUT2D eigenvalue weighted by atomic mass is 16.5. The molecule has 0 aliphatic heterocycles. The number of aromatic amines is 1. The summed E-state index contributed by atoms with van der Waals surface area (Å²) in [5.74, 6) is 2.58. The lowest BCUT2D eigenvalue weighted by atomic mass is 9.68. The van der Waals surface area contributed by atoms with Gasteiger partial charge >= 0.3 is 5.69 Å². The van der Waals surface area contributed by atoms with Gasteiger partial charge < -0.3 is 14.8 Å². The minimum absolute atomic E-state index is 0.117. The maximum atomic E-state index is 12.1. The Labute approximate surface area is 152 Å². The SMILES string of the molecule is O=C(COc1cc(OC2CC2)[nH]c(=O)n1)NCC1CC2CCCC(C2)C1. The number of H-pyrrole nitrogens is 1. The summed E-state index contributed by atoms with van der Waals surface area (Å²) in [5, 5.41) is 2.97. The monoisotopic (exact) mass is 361 g/mol. The number of rotatable bonds is 7. The minimum Gasteiger partial charge on any atom is -0.475 e. The molecule has 4 rings (SSSR count). The molecule has 3 aliphatic rings. The Balaban J connectivity index is 1.22. The summed E-state index contributed by atoms with van der Waals surface area (Å²) >= 11 is 0. The second-order valence-electron chi connectivity index (χ2n) is 8.03. The van der Waals surface area contributed by atoms with Crippen molar-refractivity contribution < 1.29 is 14.3 Å². The summed E-state index contributed by atoms with van der Waals surface area (Å²) in [5.41, 5.74) is -0.535. The van der Waals surface area contributed by atoms with Crippen LogP contribution in [0.5, 0.6) is 11.8 Å². The van der Waals surface area contributed by atoms with Gasteiger partial charge in [-0.15, -0.1) is 0 Å². The third kappa shape index (κ3) is 4.77. The third-order valence-electron chi connectivity index (χ3n) is 5.68. The van der Waals surface area contributed by atoms with E-state index in [2.05, 4.69) is 15.3 Å². The van der Waals surface area contributed by atoms with Crippen molar-refractivity contribution in [1.82, 2.24) is 15.3 Å². The van der Waals surface area contributed by atoms with Crippen LogP contribution in [0.2, 0.25) is 0 Å². The Morgan fingerprint density at radius 3 is 2.69 bits per heavy atom. The zero-order valence-corrected chi connectivity index (χ0v) is 15.0. The quantitative estimate of drug-likeness (QED) is 0.775. The molecule has 2 atom stereocenters. The van der Waals surface area contributed by atoms with E-state index in [1.54, 1.807) is 0 Å². The predicted octanol–water partition coefficient (Wildman–Crippen LogP) is 2.02. The molecule has 2 N–H and O–H groups in total. The normalized spacial score (nSPS) is 27.6. The predicted molar refractivity (Wildman–Crippen MR) is 95.2 cm³/mol. The van der Waals surface area contributed by atoms with Crippen LogP contribution in [-0.2, 0) is 4.79 Å². The van der Waals surface area contributed by atoms with Crippen LogP contribution in [0.15, 0.2) is 10.9 Å². The summed E-state index contributed by atoms with van der Waals surface area (Å²) in [6.45, 7) is 0.576. The van der Waals surface area contributed by atoms with E-state index in [1.807, 2.05) is 0 Å². The van der Waals surface area contributed by atoms with Crippen LogP contribution in [0.3, 0.4) is 0 Å². The van der Waals surface area contributed by atoms with E-state index >= 15 is 0 Å². The first-order chi connectivity index (χ1) is 12.6. The summed E-state index contributed by atoms with van der Waals surface area (Å²) in [6.07, 6.45) is 10.1. The van der Waals surface area contributed by atoms with Gasteiger partial charge in [-0.25, -0.2) is 4.79 Å². The second kappa shape index (κ2) is 7.68. The van der Waals surface area contributed by atoms with Crippen LogP contribution in [0.25, 0.3) is 0 Å². The van der Waals surface area contributed by atoms with Crippen molar-refractivity contribution in [2.75, 3.05) is 13.2 Å². The summed E-state index contributed by atoms with van der Waals surface area (Å²) < 4.78 is 10.9. The van der Waals surface area contributed by atoms with E-state index in [9.17, 15) is 9.59 Å². The first-order valence-electron chi connectivity index (χ1n) is 9.81. The average molecular weight is 361 g/mol. The first-order valence-corrected chi connectivity index (χ1v) is 9.81. The molecular weight excluding hydrogens is 334 g/mol. The average Bonchev–Trinajstić information content (AvgIpc) is 3.41. The fraction of sp³-hybridized carbons (Fsp3) is 0.737. The van der Waals surface area contributed by atoms with Crippen molar-refractivity contribution >= 4 is 5.91 Å². The Morgan fingerprint density at radius 2 is 1.96 bits per heavy atom. The number of hydrogen-bond acceptors (Lipinski definition) is 5. The van der Waals surface area contributed by atoms with Gasteiger partial charge in [-0.3, -0.25) is 9.78 Å². The van der Waals surface area contributed by atoms with Gasteiger partial charge in [0.1, 0.15) is 6.10 Å². The van der Waals surface area contributed by atoms with E-state index in [0.29, 0.717) is 18.3 Å². The van der Waals surface area contributed by atoms with E-state index in [0.717, 1.165) is 24.7 Å². The first kappa shape index (κ1) is 17.4. The van der Waals surface area contributed by atoms with E-state index < -0.39 is 5.69 Å². The summed E-state index contributed by atoms with van der Waals surface area (Å²) in [7, 11) is 0. The molecule has 1 heterocycles. The Hall–Kier alpha value is -2.05. The highest BCUT2D eigenvalue weighted by Crippen LogP contribution is 2.42. The van der Waals surface area contributed by atoms with Gasteiger partial charge in [-0.1, -0.05) is 19.3 Å². The van der Waals surface area contributed by atoms with Crippen molar-refractivity contribution in [2.45, 2.75) is 57.5 Å². The van der Waals surface area contributed by atoms with Gasteiger partial charge in [0, 0.05) is 6.54 Å². The maximum absolute atomic E-state index is 12.1. The molecule has 1 aromatic rings. The fourth-order valence-corrected chi connectivity index (χ4v) is 4.40. The number of nitrogens with zero attached hydrogens (tertiary/aromatic N) is 1. The van der Waals surface area contributed by atoms with E-state index in [4.69, 9.17) is 9.47 Å². The molecule has 3 fully saturated rings. The molecule has 2 bridgehead atoms. The number of fused-ring (bicyclic) bond motifs is 2. The van der Waals surface area contributed by atoms with Crippen molar-refractivity contribution in [3.05, 3.63) is 16.6 Å². The molecule has 3 saturated carbocycles. The van der Waals surface area contributed by atoms with Crippen LogP contribution in [-0.4, -0.2) is 35.1 Å². The molecule has 142 valence electrons. The molecule has 7 nitrogen and oxygen atoms in total. The maximum Gasteiger partial charge on any atom is 0.351 e. The molecule has 0 saturated heterocycles. The molecule has 2 unspecified atom stereocenters. The smallest absolute Gasteiger partial charge is 0.351 e. The Morgan fingerprint density at radius 1 is 1.19 bits per heavy atom. The lowest BCUT2D eigenvalue weighted by Gasteiger charge is -2.39.